The molecule has 288 valence electrons. The molecule has 2 aromatic rings. The molecule has 2 aliphatic heterocycles. The van der Waals surface area contributed by atoms with Crippen LogP contribution in [0.1, 0.15) is 49.0 Å². The molecule has 52 heavy (non-hydrogen) atoms. The minimum atomic E-state index is -5.33. The molecule has 0 aliphatic carbocycles. The van der Waals surface area contributed by atoms with Crippen LogP contribution in [0, 0.1) is 0 Å². The number of allylic oxidation sites excluding steroid dienone is 1. The zero-order valence-corrected chi connectivity index (χ0v) is 29.6. The number of carbonyl (C=O) groups is 2. The van der Waals surface area contributed by atoms with Gasteiger partial charge in [-0.2, -0.15) is 0 Å². The van der Waals surface area contributed by atoms with Crippen LogP contribution >= 0.6 is 7.82 Å². The van der Waals surface area contributed by atoms with E-state index < -0.39 is 81.7 Å². The van der Waals surface area contributed by atoms with E-state index in [1.54, 1.807) is 44.2 Å². The molecule has 0 saturated carbocycles. The van der Waals surface area contributed by atoms with Gasteiger partial charge < -0.3 is 65.0 Å². The van der Waals surface area contributed by atoms with E-state index in [9.17, 15) is 39.3 Å². The van der Waals surface area contributed by atoms with Gasteiger partial charge in [-0.1, -0.05) is 30.3 Å². The standard InChI is InChI=1S/C34H47N2O15P/c1-19(46-33-26(38)17-25(37)20(2)47-33)7-3-6-10-28(39)45-18-27-29(40)30(51-52(42,43)44)31(50-32(41)23-8-4-5-9-24(23)36)34(49-27)48-22-13-11-21(12-14-22)15-16-35/h4-6,8-14,19-20,25-27,29-31,33-34,37-38,40H,3,7,15-18,35-36H2,1-2H3,(H2,42,43,44)/b10-6+/t19-,20+,25-,26-,27-,29-,30+,31-,33-,34-/m1/s1. The molecule has 2 fully saturated rings. The summed E-state index contributed by atoms with van der Waals surface area (Å²) in [5, 5.41) is 31.2. The number of hydrogen-bond acceptors (Lipinski definition) is 15. The van der Waals surface area contributed by atoms with Crippen molar-refractivity contribution in [2.24, 2.45) is 5.73 Å². The van der Waals surface area contributed by atoms with Gasteiger partial charge in [0, 0.05) is 18.2 Å². The van der Waals surface area contributed by atoms with Crippen LogP contribution < -0.4 is 16.2 Å². The van der Waals surface area contributed by atoms with Gasteiger partial charge in [0.15, 0.2) is 12.4 Å². The molecule has 18 heteroatoms. The normalized spacial score (nSPS) is 28.7. The fourth-order valence-electron chi connectivity index (χ4n) is 5.52. The average molecular weight is 755 g/mol. The third kappa shape index (κ3) is 12.0. The first-order valence-corrected chi connectivity index (χ1v) is 18.3. The third-order valence-corrected chi connectivity index (χ3v) is 8.87. The summed E-state index contributed by atoms with van der Waals surface area (Å²) in [6, 6.07) is 12.5. The number of carbonyl (C=O) groups excluding carboxylic acids is 2. The Labute approximate surface area is 300 Å². The quantitative estimate of drug-likeness (QED) is 0.0547. The number of hydrogen-bond donors (Lipinski definition) is 7. The second-order valence-electron chi connectivity index (χ2n) is 12.5. The second-order valence-corrected chi connectivity index (χ2v) is 13.7. The molecule has 9 N–H and O–H groups in total. The number of rotatable bonds is 16. The summed E-state index contributed by atoms with van der Waals surface area (Å²) < 4.78 is 51.0. The number of phosphoric acid groups is 1. The summed E-state index contributed by atoms with van der Waals surface area (Å²) in [6.45, 7) is 3.23. The van der Waals surface area contributed by atoms with E-state index >= 15 is 0 Å². The SMILES string of the molecule is C[C@H](CC/C=C/C(=O)OC[C@H]1O[C@@H](Oc2ccc(CCN)cc2)[C@H](OC(=O)c2ccccc2N)[C@@H](OP(=O)(O)O)[C@@H]1O)O[C@@H]1O[C@@H](C)[C@H](O)C[C@H]1O. The molecule has 2 aliphatic rings. The number of para-hydroxylation sites is 1. The highest BCUT2D eigenvalue weighted by Crippen LogP contribution is 2.42. The second kappa shape index (κ2) is 19.0. The Morgan fingerprint density at radius 1 is 1.02 bits per heavy atom. The molecule has 0 bridgehead atoms. The molecule has 10 atom stereocenters. The van der Waals surface area contributed by atoms with E-state index in [2.05, 4.69) is 0 Å². The zero-order valence-electron chi connectivity index (χ0n) is 28.7. The van der Waals surface area contributed by atoms with E-state index in [-0.39, 0.29) is 29.5 Å². The van der Waals surface area contributed by atoms with Gasteiger partial charge in [-0.3, -0.25) is 4.52 Å². The van der Waals surface area contributed by atoms with Crippen molar-refractivity contribution in [2.45, 2.75) is 101 Å². The number of benzene rings is 2. The summed E-state index contributed by atoms with van der Waals surface area (Å²) >= 11 is 0. The Morgan fingerprint density at radius 2 is 1.73 bits per heavy atom. The number of nitrogen functional groups attached to an aromatic ring is 1. The van der Waals surface area contributed by atoms with Gasteiger partial charge in [0.25, 0.3) is 0 Å². The van der Waals surface area contributed by atoms with Gasteiger partial charge in [0.05, 0.1) is 23.9 Å². The van der Waals surface area contributed by atoms with Crippen LogP contribution in [-0.2, 0) is 44.0 Å². The predicted octanol–water partition coefficient (Wildman–Crippen LogP) is 1.08. The molecule has 17 nitrogen and oxygen atoms in total. The largest absolute Gasteiger partial charge is 0.470 e. The minimum absolute atomic E-state index is 0.0532. The maximum Gasteiger partial charge on any atom is 0.470 e. The van der Waals surface area contributed by atoms with Crippen molar-refractivity contribution in [1.82, 2.24) is 0 Å². The number of ether oxygens (including phenoxy) is 6. The molecular formula is C34H47N2O15P. The molecule has 0 aromatic heterocycles. The summed E-state index contributed by atoms with van der Waals surface area (Å²) in [5.74, 6) is -1.65. The number of phosphoric ester groups is 1. The maximum absolute atomic E-state index is 13.2. The number of aliphatic hydroxyl groups is 3. The fraction of sp³-hybridized carbons (Fsp3) is 0.529. The van der Waals surface area contributed by atoms with Gasteiger partial charge in [0.1, 0.15) is 36.8 Å². The number of anilines is 1. The summed E-state index contributed by atoms with van der Waals surface area (Å²) in [6.07, 6.45) is -8.04. The van der Waals surface area contributed by atoms with Crippen molar-refractivity contribution >= 4 is 25.4 Å². The lowest BCUT2D eigenvalue weighted by Gasteiger charge is -2.43. The van der Waals surface area contributed by atoms with E-state index in [4.69, 9.17) is 44.4 Å². The van der Waals surface area contributed by atoms with Gasteiger partial charge in [-0.15, -0.1) is 0 Å². The summed E-state index contributed by atoms with van der Waals surface area (Å²) in [7, 11) is -5.33. The van der Waals surface area contributed by atoms with Gasteiger partial charge in [0.2, 0.25) is 6.29 Å². The Bertz CT molecular complexity index is 1540. The van der Waals surface area contributed by atoms with Crippen molar-refractivity contribution in [3.63, 3.8) is 0 Å². The molecule has 2 heterocycles. The van der Waals surface area contributed by atoms with Crippen molar-refractivity contribution in [2.75, 3.05) is 18.9 Å². The lowest BCUT2D eigenvalue weighted by Crippen LogP contribution is -2.62. The Morgan fingerprint density at radius 3 is 2.40 bits per heavy atom. The number of aliphatic hydroxyl groups excluding tert-OH is 3. The van der Waals surface area contributed by atoms with Crippen molar-refractivity contribution < 1.29 is 72.2 Å². The lowest BCUT2D eigenvalue weighted by molar-refractivity contribution is -0.274. The smallest absolute Gasteiger partial charge is 0.461 e. The van der Waals surface area contributed by atoms with Crippen molar-refractivity contribution in [1.29, 1.82) is 0 Å². The summed E-state index contributed by atoms with van der Waals surface area (Å²) in [4.78, 5) is 45.3. The highest BCUT2D eigenvalue weighted by atomic mass is 31.2. The highest BCUT2D eigenvalue weighted by Gasteiger charge is 2.52. The van der Waals surface area contributed by atoms with Crippen LogP contribution in [0.3, 0.4) is 0 Å². The van der Waals surface area contributed by atoms with Gasteiger partial charge in [-0.25, -0.2) is 14.2 Å². The van der Waals surface area contributed by atoms with E-state index in [0.29, 0.717) is 25.8 Å². The topological polar surface area (TPSA) is 269 Å². The van der Waals surface area contributed by atoms with Crippen LogP contribution in [0.5, 0.6) is 5.75 Å². The van der Waals surface area contributed by atoms with Crippen LogP contribution in [0.2, 0.25) is 0 Å². The lowest BCUT2D eigenvalue weighted by atomic mass is 9.99. The first kappa shape index (κ1) is 41.3. The molecule has 0 unspecified atom stereocenters. The first-order valence-electron chi connectivity index (χ1n) is 16.7. The van der Waals surface area contributed by atoms with Crippen LogP contribution in [-0.4, -0.2) is 112 Å². The van der Waals surface area contributed by atoms with Gasteiger partial charge in [-0.05, 0) is 69.5 Å². The van der Waals surface area contributed by atoms with E-state index in [1.807, 2.05) is 0 Å². The third-order valence-electron chi connectivity index (χ3n) is 8.35. The van der Waals surface area contributed by atoms with Crippen LogP contribution in [0.4, 0.5) is 5.69 Å². The van der Waals surface area contributed by atoms with Crippen LogP contribution in [0.25, 0.3) is 0 Å². The molecule has 2 aromatic carbocycles. The Hall–Kier alpha value is -3.45. The van der Waals surface area contributed by atoms with Gasteiger partial charge >= 0.3 is 19.8 Å². The van der Waals surface area contributed by atoms with Crippen LogP contribution in [0.15, 0.2) is 60.7 Å². The Kier molecular flexibility index (Phi) is 15.1. The summed E-state index contributed by atoms with van der Waals surface area (Å²) in [5.41, 5.74) is 12.4. The number of nitrogens with two attached hydrogens (primary N) is 2. The monoisotopic (exact) mass is 754 g/mol. The molecule has 2 saturated heterocycles. The molecule has 0 amide bonds. The predicted molar refractivity (Wildman–Crippen MR) is 182 cm³/mol. The molecule has 0 radical (unpaired) electrons. The van der Waals surface area contributed by atoms with Crippen molar-refractivity contribution in [3.8, 4) is 5.75 Å². The number of esters is 2. The van der Waals surface area contributed by atoms with E-state index in [0.717, 1.165) is 11.6 Å². The first-order chi connectivity index (χ1) is 24.6. The molecule has 4 rings (SSSR count). The fourth-order valence-corrected chi connectivity index (χ4v) is 6.08. The minimum Gasteiger partial charge on any atom is -0.461 e. The zero-order chi connectivity index (χ0) is 38.0. The molecular weight excluding hydrogens is 707 g/mol. The van der Waals surface area contributed by atoms with E-state index in [1.165, 1.54) is 24.3 Å². The van der Waals surface area contributed by atoms with Crippen molar-refractivity contribution in [3.05, 3.63) is 71.8 Å². The Balaban J connectivity index is 1.43. The maximum atomic E-state index is 13.2. The highest BCUT2D eigenvalue weighted by molar-refractivity contribution is 7.46. The molecule has 0 spiro atoms. The average Bonchev–Trinajstić information content (AvgIpc) is 3.08.